The van der Waals surface area contributed by atoms with Crippen LogP contribution in [0, 0.1) is 0 Å². The number of carboxylic acid groups (broad SMARTS) is 1. The number of phenols is 2. The molecule has 0 spiro atoms. The van der Waals surface area contributed by atoms with Crippen LogP contribution in [-0.2, 0) is 16.0 Å². The highest BCUT2D eigenvalue weighted by molar-refractivity contribution is 5.86. The predicted octanol–water partition coefficient (Wildman–Crippen LogP) is -0.0530. The maximum Gasteiger partial charge on any atom is 0.326 e. The van der Waals surface area contributed by atoms with Crippen molar-refractivity contribution in [1.29, 1.82) is 0 Å². The summed E-state index contributed by atoms with van der Waals surface area (Å²) in [5.74, 6) is -2.38. The van der Waals surface area contributed by atoms with Gasteiger partial charge in [-0.15, -0.1) is 0 Å². The summed E-state index contributed by atoms with van der Waals surface area (Å²) in [6, 6.07) is 2.06. The van der Waals surface area contributed by atoms with Crippen LogP contribution in [0.2, 0.25) is 0 Å². The van der Waals surface area contributed by atoms with Crippen LogP contribution in [0.25, 0.3) is 0 Å². The smallest absolute Gasteiger partial charge is 0.326 e. The van der Waals surface area contributed by atoms with Crippen molar-refractivity contribution in [3.63, 3.8) is 0 Å². The first kappa shape index (κ1) is 15.8. The van der Waals surface area contributed by atoms with Crippen molar-refractivity contribution >= 4 is 11.9 Å². The van der Waals surface area contributed by atoms with Gasteiger partial charge < -0.3 is 26.4 Å². The van der Waals surface area contributed by atoms with E-state index >= 15 is 0 Å². The van der Waals surface area contributed by atoms with E-state index in [0.29, 0.717) is 12.0 Å². The van der Waals surface area contributed by atoms with Gasteiger partial charge in [0.2, 0.25) is 5.91 Å². The number of nitrogens with two attached hydrogens (primary N) is 1. The van der Waals surface area contributed by atoms with Crippen molar-refractivity contribution in [2.24, 2.45) is 5.73 Å². The number of hydrogen-bond donors (Lipinski definition) is 5. The molecule has 7 nitrogen and oxygen atoms in total. The summed E-state index contributed by atoms with van der Waals surface area (Å²) in [4.78, 5) is 22.7. The molecule has 0 aliphatic heterocycles. The van der Waals surface area contributed by atoms with Crippen LogP contribution in [0.5, 0.6) is 11.5 Å². The molecule has 1 amide bonds. The van der Waals surface area contributed by atoms with Gasteiger partial charge in [-0.05, 0) is 24.1 Å². The molecule has 6 N–H and O–H groups in total. The molecule has 110 valence electrons. The summed E-state index contributed by atoms with van der Waals surface area (Å²) >= 11 is 0. The Balaban J connectivity index is 2.79. The predicted molar refractivity (Wildman–Crippen MR) is 71.3 cm³/mol. The number of aliphatic carboxylic acids is 1. The number of carboxylic acids is 1. The molecule has 1 aromatic rings. The summed E-state index contributed by atoms with van der Waals surface area (Å²) in [5.41, 5.74) is 5.99. The minimum atomic E-state index is -1.20. The second-order valence-electron chi connectivity index (χ2n) is 4.44. The SMILES string of the molecule is CC[C@@H](N)C(=O)NC(Cc1ccc(O)c(O)c1)C(=O)O. The van der Waals surface area contributed by atoms with Crippen LogP contribution < -0.4 is 11.1 Å². The van der Waals surface area contributed by atoms with Crippen molar-refractivity contribution < 1.29 is 24.9 Å². The van der Waals surface area contributed by atoms with Gasteiger partial charge in [0.05, 0.1) is 6.04 Å². The Bertz CT molecular complexity index is 504. The number of carbonyl (C=O) groups excluding carboxylic acids is 1. The van der Waals surface area contributed by atoms with E-state index in [1.807, 2.05) is 0 Å². The summed E-state index contributed by atoms with van der Waals surface area (Å²) in [6.07, 6.45) is 0.378. The molecule has 0 aromatic heterocycles. The van der Waals surface area contributed by atoms with Gasteiger partial charge in [0.1, 0.15) is 6.04 Å². The van der Waals surface area contributed by atoms with Crippen molar-refractivity contribution in [3.05, 3.63) is 23.8 Å². The molecule has 0 radical (unpaired) electrons. The lowest BCUT2D eigenvalue weighted by Gasteiger charge is -2.17. The standard InChI is InChI=1S/C13H18N2O5/c1-2-8(14)12(18)15-9(13(19)20)5-7-3-4-10(16)11(17)6-7/h3-4,6,8-9,16-17H,2,5,14H2,1H3,(H,15,18)(H,19,20)/t8-,9?/m1/s1. The van der Waals surface area contributed by atoms with E-state index in [0.717, 1.165) is 0 Å². The number of hydrogen-bond acceptors (Lipinski definition) is 5. The third-order valence-corrected chi connectivity index (χ3v) is 2.87. The zero-order valence-electron chi connectivity index (χ0n) is 11.0. The van der Waals surface area contributed by atoms with Crippen LogP contribution in [-0.4, -0.2) is 39.3 Å². The molecule has 20 heavy (non-hydrogen) atoms. The van der Waals surface area contributed by atoms with Crippen LogP contribution >= 0.6 is 0 Å². The fraction of sp³-hybridized carbons (Fsp3) is 0.385. The highest BCUT2D eigenvalue weighted by Crippen LogP contribution is 2.25. The Morgan fingerprint density at radius 3 is 2.45 bits per heavy atom. The number of phenolic OH excluding ortho intramolecular Hbond substituents is 2. The van der Waals surface area contributed by atoms with Gasteiger partial charge >= 0.3 is 5.97 Å². The van der Waals surface area contributed by atoms with Crippen molar-refractivity contribution in [1.82, 2.24) is 5.32 Å². The zero-order chi connectivity index (χ0) is 15.3. The first-order valence-corrected chi connectivity index (χ1v) is 6.14. The van der Waals surface area contributed by atoms with Crippen molar-refractivity contribution in [3.8, 4) is 11.5 Å². The number of benzene rings is 1. The molecule has 0 bridgehead atoms. The zero-order valence-corrected chi connectivity index (χ0v) is 11.0. The lowest BCUT2D eigenvalue weighted by molar-refractivity contribution is -0.142. The summed E-state index contributed by atoms with van der Waals surface area (Å²) in [7, 11) is 0. The molecular formula is C13H18N2O5. The van der Waals surface area contributed by atoms with Crippen LogP contribution in [0.3, 0.4) is 0 Å². The van der Waals surface area contributed by atoms with E-state index < -0.39 is 24.0 Å². The van der Waals surface area contributed by atoms with Gasteiger partial charge in [0.15, 0.2) is 11.5 Å². The molecule has 7 heteroatoms. The molecule has 0 heterocycles. The average molecular weight is 282 g/mol. The fourth-order valence-electron chi connectivity index (χ4n) is 1.60. The first-order chi connectivity index (χ1) is 9.35. The highest BCUT2D eigenvalue weighted by Gasteiger charge is 2.23. The number of aromatic hydroxyl groups is 2. The van der Waals surface area contributed by atoms with Gasteiger partial charge in [0, 0.05) is 6.42 Å². The minimum absolute atomic E-state index is 0.0225. The van der Waals surface area contributed by atoms with E-state index in [1.54, 1.807) is 6.92 Å². The fourth-order valence-corrected chi connectivity index (χ4v) is 1.60. The molecule has 0 saturated heterocycles. The third-order valence-electron chi connectivity index (χ3n) is 2.87. The van der Waals surface area contributed by atoms with Crippen molar-refractivity contribution in [2.45, 2.75) is 31.8 Å². The number of rotatable bonds is 6. The van der Waals surface area contributed by atoms with Crippen LogP contribution in [0.4, 0.5) is 0 Å². The van der Waals surface area contributed by atoms with Gasteiger partial charge in [-0.3, -0.25) is 4.79 Å². The molecule has 0 fully saturated rings. The number of nitrogens with one attached hydrogen (secondary N) is 1. The van der Waals surface area contributed by atoms with E-state index in [-0.39, 0.29) is 17.9 Å². The lowest BCUT2D eigenvalue weighted by Crippen LogP contribution is -2.49. The Morgan fingerprint density at radius 1 is 1.30 bits per heavy atom. The minimum Gasteiger partial charge on any atom is -0.504 e. The Kier molecular flexibility index (Phi) is 5.33. The Hall–Kier alpha value is -2.28. The summed E-state index contributed by atoms with van der Waals surface area (Å²) in [5, 5.41) is 30.0. The van der Waals surface area contributed by atoms with E-state index in [1.165, 1.54) is 18.2 Å². The monoisotopic (exact) mass is 282 g/mol. The second kappa shape index (κ2) is 6.76. The molecule has 1 unspecified atom stereocenters. The summed E-state index contributed by atoms with van der Waals surface area (Å²) in [6.45, 7) is 1.72. The third kappa shape index (κ3) is 4.13. The first-order valence-electron chi connectivity index (χ1n) is 6.14. The van der Waals surface area contributed by atoms with E-state index in [9.17, 15) is 19.8 Å². The topological polar surface area (TPSA) is 133 Å². The molecule has 0 saturated carbocycles. The van der Waals surface area contributed by atoms with E-state index in [4.69, 9.17) is 10.8 Å². The van der Waals surface area contributed by atoms with Gasteiger partial charge in [-0.2, -0.15) is 0 Å². The second-order valence-corrected chi connectivity index (χ2v) is 4.44. The normalized spacial score (nSPS) is 13.5. The lowest BCUT2D eigenvalue weighted by atomic mass is 10.0. The van der Waals surface area contributed by atoms with Crippen LogP contribution in [0.15, 0.2) is 18.2 Å². The van der Waals surface area contributed by atoms with E-state index in [2.05, 4.69) is 5.32 Å². The largest absolute Gasteiger partial charge is 0.504 e. The van der Waals surface area contributed by atoms with Crippen LogP contribution in [0.1, 0.15) is 18.9 Å². The highest BCUT2D eigenvalue weighted by atomic mass is 16.4. The number of amides is 1. The average Bonchev–Trinajstić information content (AvgIpc) is 2.40. The molecule has 0 aliphatic rings. The van der Waals surface area contributed by atoms with Gasteiger partial charge in [-0.25, -0.2) is 4.79 Å². The molecular weight excluding hydrogens is 264 g/mol. The quantitative estimate of drug-likeness (QED) is 0.464. The molecule has 2 atom stereocenters. The van der Waals surface area contributed by atoms with Crippen molar-refractivity contribution in [2.75, 3.05) is 0 Å². The maximum absolute atomic E-state index is 11.6. The molecule has 1 aromatic carbocycles. The Morgan fingerprint density at radius 2 is 1.95 bits per heavy atom. The Labute approximate surface area is 116 Å². The van der Waals surface area contributed by atoms with Gasteiger partial charge in [0.25, 0.3) is 0 Å². The molecule has 1 rings (SSSR count). The molecule has 0 aliphatic carbocycles. The van der Waals surface area contributed by atoms with Gasteiger partial charge in [-0.1, -0.05) is 13.0 Å². The maximum atomic E-state index is 11.6. The number of carbonyl (C=O) groups is 2. The summed E-state index contributed by atoms with van der Waals surface area (Å²) < 4.78 is 0.